The molecule has 0 fully saturated rings. The summed E-state index contributed by atoms with van der Waals surface area (Å²) in [6.07, 6.45) is 3.95. The highest BCUT2D eigenvalue weighted by atomic mass is 16.3. The summed E-state index contributed by atoms with van der Waals surface area (Å²) in [6, 6.07) is 1.89. The van der Waals surface area contributed by atoms with Gasteiger partial charge in [-0.2, -0.15) is 0 Å². The molecule has 2 heteroatoms. The third-order valence-electron chi connectivity index (χ3n) is 2.74. The van der Waals surface area contributed by atoms with Crippen LogP contribution in [0.2, 0.25) is 0 Å². The van der Waals surface area contributed by atoms with Gasteiger partial charge in [-0.3, -0.25) is 0 Å². The number of hydrogen-bond donors (Lipinski definition) is 1. The van der Waals surface area contributed by atoms with Gasteiger partial charge in [-0.15, -0.1) is 0 Å². The van der Waals surface area contributed by atoms with Crippen molar-refractivity contribution in [2.45, 2.75) is 39.7 Å². The van der Waals surface area contributed by atoms with Crippen LogP contribution < -0.4 is 0 Å². The second-order valence-electron chi connectivity index (χ2n) is 4.83. The first-order valence-electron chi connectivity index (χ1n) is 4.56. The molecule has 0 aliphatic rings. The van der Waals surface area contributed by atoms with Crippen molar-refractivity contribution in [3.05, 3.63) is 24.2 Å². The van der Waals surface area contributed by atoms with Crippen LogP contribution in [-0.2, 0) is 6.42 Å². The fraction of sp³-hybridized carbons (Fsp3) is 0.636. The van der Waals surface area contributed by atoms with E-state index in [1.165, 1.54) is 0 Å². The Morgan fingerprint density at radius 3 is 2.31 bits per heavy atom. The highest BCUT2D eigenvalue weighted by Gasteiger charge is 2.35. The van der Waals surface area contributed by atoms with E-state index in [0.717, 1.165) is 5.56 Å². The first-order valence-corrected chi connectivity index (χ1v) is 4.56. The Kier molecular flexibility index (Phi) is 2.53. The SMILES string of the molecule is CC(C)(C)C(C)(O)Cc1ccoc1. The number of hydrogen-bond acceptors (Lipinski definition) is 2. The Morgan fingerprint density at radius 1 is 1.31 bits per heavy atom. The molecule has 0 bridgehead atoms. The predicted octanol–water partition coefficient (Wildman–Crippen LogP) is 2.62. The molecular weight excluding hydrogens is 164 g/mol. The molecule has 0 saturated heterocycles. The minimum Gasteiger partial charge on any atom is -0.472 e. The molecular formula is C11H18O2. The van der Waals surface area contributed by atoms with Crippen LogP contribution in [0.1, 0.15) is 33.3 Å². The van der Waals surface area contributed by atoms with Gasteiger partial charge in [0.1, 0.15) is 0 Å². The standard InChI is InChI=1S/C11H18O2/c1-10(2,3)11(4,12)7-9-5-6-13-8-9/h5-6,8,12H,7H2,1-4H3. The van der Waals surface area contributed by atoms with E-state index in [2.05, 4.69) is 0 Å². The van der Waals surface area contributed by atoms with Gasteiger partial charge in [0, 0.05) is 6.42 Å². The van der Waals surface area contributed by atoms with Gasteiger partial charge in [0.15, 0.2) is 0 Å². The fourth-order valence-electron chi connectivity index (χ4n) is 1.06. The monoisotopic (exact) mass is 182 g/mol. The Hall–Kier alpha value is -0.760. The van der Waals surface area contributed by atoms with Crippen LogP contribution in [0, 0.1) is 5.41 Å². The lowest BCUT2D eigenvalue weighted by Gasteiger charge is -2.36. The van der Waals surface area contributed by atoms with E-state index in [0.29, 0.717) is 6.42 Å². The summed E-state index contributed by atoms with van der Waals surface area (Å²) in [7, 11) is 0. The summed E-state index contributed by atoms with van der Waals surface area (Å²) in [4.78, 5) is 0. The molecule has 0 radical (unpaired) electrons. The average molecular weight is 182 g/mol. The number of rotatable bonds is 2. The molecule has 2 nitrogen and oxygen atoms in total. The van der Waals surface area contributed by atoms with E-state index in [4.69, 9.17) is 4.42 Å². The molecule has 0 aliphatic carbocycles. The van der Waals surface area contributed by atoms with Crippen LogP contribution in [0.3, 0.4) is 0 Å². The number of furan rings is 1. The molecule has 0 aliphatic heterocycles. The smallest absolute Gasteiger partial charge is 0.0935 e. The summed E-state index contributed by atoms with van der Waals surface area (Å²) >= 11 is 0. The highest BCUT2D eigenvalue weighted by Crippen LogP contribution is 2.32. The molecule has 0 spiro atoms. The topological polar surface area (TPSA) is 33.4 Å². The first kappa shape index (κ1) is 10.3. The summed E-state index contributed by atoms with van der Waals surface area (Å²) < 4.78 is 4.96. The molecule has 1 unspecified atom stereocenters. The van der Waals surface area contributed by atoms with E-state index >= 15 is 0 Å². The van der Waals surface area contributed by atoms with Gasteiger partial charge in [-0.1, -0.05) is 20.8 Å². The van der Waals surface area contributed by atoms with Gasteiger partial charge < -0.3 is 9.52 Å². The lowest BCUT2D eigenvalue weighted by atomic mass is 9.75. The van der Waals surface area contributed by atoms with Crippen molar-refractivity contribution >= 4 is 0 Å². The van der Waals surface area contributed by atoms with Crippen LogP contribution in [0.4, 0.5) is 0 Å². The van der Waals surface area contributed by atoms with Crippen LogP contribution >= 0.6 is 0 Å². The van der Waals surface area contributed by atoms with Gasteiger partial charge in [0.05, 0.1) is 18.1 Å². The van der Waals surface area contributed by atoms with E-state index in [9.17, 15) is 5.11 Å². The zero-order valence-electron chi connectivity index (χ0n) is 8.79. The van der Waals surface area contributed by atoms with Crippen LogP contribution in [0.25, 0.3) is 0 Å². The summed E-state index contributed by atoms with van der Waals surface area (Å²) in [6.45, 7) is 7.97. The van der Waals surface area contributed by atoms with Crippen molar-refractivity contribution in [3.8, 4) is 0 Å². The lowest BCUT2D eigenvalue weighted by Crippen LogP contribution is -2.41. The molecule has 1 rings (SSSR count). The average Bonchev–Trinajstić information content (AvgIpc) is 2.35. The van der Waals surface area contributed by atoms with Gasteiger partial charge in [-0.05, 0) is 24.0 Å². The minimum absolute atomic E-state index is 0.121. The second kappa shape index (κ2) is 3.18. The maximum atomic E-state index is 10.2. The van der Waals surface area contributed by atoms with Crippen molar-refractivity contribution in [2.24, 2.45) is 5.41 Å². The minimum atomic E-state index is -0.698. The molecule has 1 aromatic heterocycles. The van der Waals surface area contributed by atoms with Crippen LogP contribution in [0.5, 0.6) is 0 Å². The predicted molar refractivity (Wildman–Crippen MR) is 52.5 cm³/mol. The van der Waals surface area contributed by atoms with E-state index < -0.39 is 5.60 Å². The van der Waals surface area contributed by atoms with Crippen LogP contribution in [0.15, 0.2) is 23.0 Å². The van der Waals surface area contributed by atoms with Crippen molar-refractivity contribution in [1.29, 1.82) is 0 Å². The summed E-state index contributed by atoms with van der Waals surface area (Å²) in [5.41, 5.74) is 0.223. The molecule has 1 atom stereocenters. The van der Waals surface area contributed by atoms with E-state index in [1.54, 1.807) is 12.5 Å². The molecule has 13 heavy (non-hydrogen) atoms. The number of aliphatic hydroxyl groups is 1. The molecule has 0 amide bonds. The molecule has 1 aromatic rings. The third-order valence-corrected chi connectivity index (χ3v) is 2.74. The normalized spacial score (nSPS) is 17.0. The molecule has 0 saturated carbocycles. The van der Waals surface area contributed by atoms with Gasteiger partial charge in [0.25, 0.3) is 0 Å². The quantitative estimate of drug-likeness (QED) is 0.762. The molecule has 0 aromatic carbocycles. The van der Waals surface area contributed by atoms with E-state index in [-0.39, 0.29) is 5.41 Å². The van der Waals surface area contributed by atoms with Gasteiger partial charge >= 0.3 is 0 Å². The largest absolute Gasteiger partial charge is 0.472 e. The molecule has 1 heterocycles. The highest BCUT2D eigenvalue weighted by molar-refractivity contribution is 5.10. The maximum absolute atomic E-state index is 10.2. The Bertz CT molecular complexity index is 252. The maximum Gasteiger partial charge on any atom is 0.0935 e. The zero-order valence-corrected chi connectivity index (χ0v) is 8.79. The Balaban J connectivity index is 2.73. The van der Waals surface area contributed by atoms with Crippen LogP contribution in [-0.4, -0.2) is 10.7 Å². The van der Waals surface area contributed by atoms with Gasteiger partial charge in [-0.25, -0.2) is 0 Å². The molecule has 74 valence electrons. The van der Waals surface area contributed by atoms with Crippen molar-refractivity contribution in [2.75, 3.05) is 0 Å². The fourth-order valence-corrected chi connectivity index (χ4v) is 1.06. The lowest BCUT2D eigenvalue weighted by molar-refractivity contribution is -0.0406. The van der Waals surface area contributed by atoms with Crippen molar-refractivity contribution in [1.82, 2.24) is 0 Å². The molecule has 1 N–H and O–H groups in total. The van der Waals surface area contributed by atoms with E-state index in [1.807, 2.05) is 33.8 Å². The summed E-state index contributed by atoms with van der Waals surface area (Å²) in [5, 5.41) is 10.2. The Labute approximate surface area is 79.6 Å². The summed E-state index contributed by atoms with van der Waals surface area (Å²) in [5.74, 6) is 0. The van der Waals surface area contributed by atoms with Crippen molar-refractivity contribution in [3.63, 3.8) is 0 Å². The first-order chi connectivity index (χ1) is 5.83. The van der Waals surface area contributed by atoms with Crippen molar-refractivity contribution < 1.29 is 9.52 Å². The van der Waals surface area contributed by atoms with Gasteiger partial charge in [0.2, 0.25) is 0 Å². The zero-order chi connectivity index (χ0) is 10.1. The third kappa shape index (κ3) is 2.34. The Morgan fingerprint density at radius 2 is 1.92 bits per heavy atom. The second-order valence-corrected chi connectivity index (χ2v) is 4.83.